The summed E-state index contributed by atoms with van der Waals surface area (Å²) in [5.74, 6) is -0.891. The smallest absolute Gasteiger partial charge is 0.407 e. The molecule has 0 saturated carbocycles. The van der Waals surface area contributed by atoms with E-state index in [0.29, 0.717) is 5.69 Å². The van der Waals surface area contributed by atoms with Gasteiger partial charge in [0.1, 0.15) is 5.69 Å². The molecule has 8 nitrogen and oxygen atoms in total. The molecular weight excluding hydrogens is 266 g/mol. The molecule has 1 aromatic rings. The molecule has 1 aromatic heterocycles. The molecule has 1 aliphatic carbocycles. The number of methoxy groups -OCH3 is 1. The van der Waals surface area contributed by atoms with Crippen molar-refractivity contribution in [1.82, 2.24) is 15.1 Å². The van der Waals surface area contributed by atoms with Gasteiger partial charge in [-0.2, -0.15) is 5.10 Å². The summed E-state index contributed by atoms with van der Waals surface area (Å²) in [5.41, 5.74) is 0.648. The minimum atomic E-state index is -1.07. The number of hydrogen-bond donors (Lipinski definition) is 2. The zero-order chi connectivity index (χ0) is 14.9. The number of Topliss-reactive ketones (excluding diaryl/α,β-unsaturated/α-hetero) is 1. The number of likely N-dealkylation sites (N-methyl/N-ethyl adjacent to an activating group) is 1. The van der Waals surface area contributed by atoms with Crippen LogP contribution in [0.25, 0.3) is 0 Å². The topological polar surface area (TPSA) is 113 Å². The summed E-state index contributed by atoms with van der Waals surface area (Å²) in [7, 11) is 2.72. The van der Waals surface area contributed by atoms with E-state index in [9.17, 15) is 14.4 Å². The number of aromatic nitrogens is 2. The molecule has 0 radical (unpaired) electrons. The summed E-state index contributed by atoms with van der Waals surface area (Å²) in [6.45, 7) is 0.187. The molecule has 0 aromatic carbocycles. The second-order valence-corrected chi connectivity index (χ2v) is 4.29. The van der Waals surface area contributed by atoms with Gasteiger partial charge in [0.05, 0.1) is 12.7 Å². The number of ketones is 2. The minimum absolute atomic E-state index is 0.0160. The maximum absolute atomic E-state index is 12.0. The molecule has 20 heavy (non-hydrogen) atoms. The number of H-pyrrole nitrogens is 1. The first-order valence-corrected chi connectivity index (χ1v) is 5.81. The van der Waals surface area contributed by atoms with Crippen molar-refractivity contribution in [1.29, 1.82) is 0 Å². The van der Waals surface area contributed by atoms with Gasteiger partial charge < -0.3 is 14.7 Å². The van der Waals surface area contributed by atoms with Crippen molar-refractivity contribution in [3.63, 3.8) is 0 Å². The highest BCUT2D eigenvalue weighted by molar-refractivity contribution is 6.23. The van der Waals surface area contributed by atoms with Gasteiger partial charge in [0.15, 0.2) is 11.5 Å². The zero-order valence-electron chi connectivity index (χ0n) is 11.0. The predicted molar refractivity (Wildman–Crippen MR) is 66.7 cm³/mol. The average Bonchev–Trinajstić information content (AvgIpc) is 2.84. The Hall–Kier alpha value is -2.64. The summed E-state index contributed by atoms with van der Waals surface area (Å²) in [6.07, 6.45) is 0.313. The molecule has 0 atom stereocenters. The van der Waals surface area contributed by atoms with E-state index >= 15 is 0 Å². The number of carbonyl (C=O) groups excluding carboxylic acids is 2. The largest absolute Gasteiger partial charge is 0.492 e. The van der Waals surface area contributed by atoms with Crippen LogP contribution in [-0.2, 0) is 11.2 Å². The van der Waals surface area contributed by atoms with E-state index in [4.69, 9.17) is 9.84 Å². The van der Waals surface area contributed by atoms with Crippen LogP contribution in [0.3, 0.4) is 0 Å². The van der Waals surface area contributed by atoms with E-state index in [1.807, 2.05) is 0 Å². The Kier molecular flexibility index (Phi) is 3.55. The monoisotopic (exact) mass is 279 g/mol. The number of rotatable bonds is 4. The van der Waals surface area contributed by atoms with Crippen molar-refractivity contribution in [3.8, 4) is 0 Å². The Balaban J connectivity index is 2.24. The van der Waals surface area contributed by atoms with E-state index in [0.717, 1.165) is 11.0 Å². The fourth-order valence-corrected chi connectivity index (χ4v) is 1.89. The molecule has 0 bridgehead atoms. The van der Waals surface area contributed by atoms with Crippen LogP contribution in [0.15, 0.2) is 11.8 Å². The Bertz CT molecular complexity index is 617. The van der Waals surface area contributed by atoms with Crippen molar-refractivity contribution < 1.29 is 24.2 Å². The minimum Gasteiger partial charge on any atom is -0.492 e. The first kappa shape index (κ1) is 13.8. The standard InChI is InChI=1S/C12H13N3O5/c1-15(12(18)19)4-3-6-9-7(16)5-8(20-2)11(17)10(9)14-13-6/h5H,3-4H2,1-2H3,(H,13,14)(H,18,19). The van der Waals surface area contributed by atoms with E-state index in [1.54, 1.807) is 0 Å². The molecule has 1 heterocycles. The van der Waals surface area contributed by atoms with Gasteiger partial charge in [0.25, 0.3) is 0 Å². The van der Waals surface area contributed by atoms with Crippen molar-refractivity contribution in [2.75, 3.05) is 20.7 Å². The van der Waals surface area contributed by atoms with Gasteiger partial charge in [-0.25, -0.2) is 4.79 Å². The molecule has 0 spiro atoms. The second kappa shape index (κ2) is 5.16. The molecule has 2 rings (SSSR count). The highest BCUT2D eigenvalue weighted by atomic mass is 16.5. The van der Waals surface area contributed by atoms with Crippen LogP contribution in [0, 0.1) is 0 Å². The SMILES string of the molecule is COC1=CC(=O)c2c(n[nH]c2CCN(C)C(=O)O)C1=O. The molecule has 0 saturated heterocycles. The van der Waals surface area contributed by atoms with Gasteiger partial charge in [-0.15, -0.1) is 0 Å². The third kappa shape index (κ3) is 2.27. The quantitative estimate of drug-likeness (QED) is 0.828. The third-order valence-electron chi connectivity index (χ3n) is 3.03. The number of aromatic amines is 1. The molecule has 0 unspecified atom stereocenters. The number of nitrogens with one attached hydrogen (secondary N) is 1. The average molecular weight is 279 g/mol. The Morgan fingerprint density at radius 1 is 1.50 bits per heavy atom. The fraction of sp³-hybridized carbons (Fsp3) is 0.333. The lowest BCUT2D eigenvalue weighted by atomic mass is 9.97. The number of carboxylic acid groups (broad SMARTS) is 1. The van der Waals surface area contributed by atoms with E-state index in [1.165, 1.54) is 14.2 Å². The maximum atomic E-state index is 12.0. The van der Waals surface area contributed by atoms with Crippen LogP contribution in [0.4, 0.5) is 4.79 Å². The first-order valence-electron chi connectivity index (χ1n) is 5.81. The molecular formula is C12H13N3O5. The lowest BCUT2D eigenvalue weighted by Crippen LogP contribution is -2.27. The number of carbonyl (C=O) groups is 3. The van der Waals surface area contributed by atoms with Crippen LogP contribution in [-0.4, -0.2) is 58.6 Å². The molecule has 106 valence electrons. The van der Waals surface area contributed by atoms with E-state index in [2.05, 4.69) is 10.2 Å². The van der Waals surface area contributed by atoms with Crippen LogP contribution in [0.5, 0.6) is 0 Å². The summed E-state index contributed by atoms with van der Waals surface area (Å²) >= 11 is 0. The Morgan fingerprint density at radius 2 is 2.20 bits per heavy atom. The summed E-state index contributed by atoms with van der Waals surface area (Å²) < 4.78 is 4.82. The molecule has 0 fully saturated rings. The van der Waals surface area contributed by atoms with Crippen molar-refractivity contribution >= 4 is 17.7 Å². The summed E-state index contributed by atoms with van der Waals surface area (Å²) in [6, 6.07) is 0. The van der Waals surface area contributed by atoms with Gasteiger partial charge in [-0.05, 0) is 0 Å². The fourth-order valence-electron chi connectivity index (χ4n) is 1.89. The van der Waals surface area contributed by atoms with E-state index < -0.39 is 11.9 Å². The third-order valence-corrected chi connectivity index (χ3v) is 3.03. The normalized spacial score (nSPS) is 13.8. The number of amides is 1. The highest BCUT2D eigenvalue weighted by Gasteiger charge is 2.31. The summed E-state index contributed by atoms with van der Waals surface area (Å²) in [5, 5.41) is 15.2. The number of fused-ring (bicyclic) bond motifs is 1. The Labute approximate surface area is 114 Å². The number of ether oxygens (including phenoxy) is 1. The lowest BCUT2D eigenvalue weighted by Gasteiger charge is -2.13. The zero-order valence-corrected chi connectivity index (χ0v) is 11.0. The van der Waals surface area contributed by atoms with Crippen LogP contribution < -0.4 is 0 Å². The Morgan fingerprint density at radius 3 is 2.80 bits per heavy atom. The van der Waals surface area contributed by atoms with Gasteiger partial charge in [-0.3, -0.25) is 14.7 Å². The number of hydrogen-bond acceptors (Lipinski definition) is 5. The number of nitrogens with zero attached hydrogens (tertiary/aromatic N) is 2. The van der Waals surface area contributed by atoms with Crippen LogP contribution in [0.2, 0.25) is 0 Å². The van der Waals surface area contributed by atoms with Crippen LogP contribution in [0.1, 0.15) is 26.5 Å². The van der Waals surface area contributed by atoms with Crippen LogP contribution >= 0.6 is 0 Å². The molecule has 8 heteroatoms. The van der Waals surface area contributed by atoms with Gasteiger partial charge in [-0.1, -0.05) is 0 Å². The molecule has 0 aliphatic heterocycles. The van der Waals surface area contributed by atoms with Crippen molar-refractivity contribution in [2.24, 2.45) is 0 Å². The van der Waals surface area contributed by atoms with Gasteiger partial charge in [0.2, 0.25) is 5.78 Å². The predicted octanol–water partition coefficient (Wildman–Crippen LogP) is 0.471. The van der Waals surface area contributed by atoms with Crippen molar-refractivity contribution in [3.05, 3.63) is 28.8 Å². The van der Waals surface area contributed by atoms with Crippen molar-refractivity contribution in [2.45, 2.75) is 6.42 Å². The molecule has 2 N–H and O–H groups in total. The highest BCUT2D eigenvalue weighted by Crippen LogP contribution is 2.23. The maximum Gasteiger partial charge on any atom is 0.407 e. The van der Waals surface area contributed by atoms with Gasteiger partial charge >= 0.3 is 6.09 Å². The lowest BCUT2D eigenvalue weighted by molar-refractivity contribution is 0.0912. The number of allylic oxidation sites excluding steroid dienone is 2. The van der Waals surface area contributed by atoms with Gasteiger partial charge in [0, 0.05) is 31.8 Å². The molecule has 1 amide bonds. The second-order valence-electron chi connectivity index (χ2n) is 4.29. The summed E-state index contributed by atoms with van der Waals surface area (Å²) in [4.78, 5) is 35.7. The molecule has 1 aliphatic rings. The first-order chi connectivity index (χ1) is 9.45. The van der Waals surface area contributed by atoms with E-state index in [-0.39, 0.29) is 35.8 Å².